The molecule has 10 nitrogen and oxygen atoms in total. The van der Waals surface area contributed by atoms with Crippen LogP contribution in [0.5, 0.6) is 5.75 Å². The first-order chi connectivity index (χ1) is 21.3. The minimum absolute atomic E-state index is 0.0115. The molecule has 2 aliphatic rings. The number of halogens is 1. The van der Waals surface area contributed by atoms with Gasteiger partial charge < -0.3 is 24.7 Å². The Morgan fingerprint density at radius 2 is 1.84 bits per heavy atom. The van der Waals surface area contributed by atoms with E-state index in [-0.39, 0.29) is 24.3 Å². The molecule has 0 bridgehead atoms. The largest absolute Gasteiger partial charge is 0.494 e. The second-order valence-corrected chi connectivity index (χ2v) is 13.6. The maximum absolute atomic E-state index is 15.0. The van der Waals surface area contributed by atoms with Crippen molar-refractivity contribution in [2.75, 3.05) is 13.7 Å². The second kappa shape index (κ2) is 11.2. The van der Waals surface area contributed by atoms with E-state index in [1.165, 1.54) is 12.0 Å². The van der Waals surface area contributed by atoms with Gasteiger partial charge in [0.1, 0.15) is 29.2 Å². The predicted octanol–water partition coefficient (Wildman–Crippen LogP) is 5.95. The van der Waals surface area contributed by atoms with Gasteiger partial charge in [0.2, 0.25) is 0 Å². The summed E-state index contributed by atoms with van der Waals surface area (Å²) in [5, 5.41) is 5.99. The highest BCUT2D eigenvalue weighted by atomic mass is 19.1. The van der Waals surface area contributed by atoms with Gasteiger partial charge in [-0.05, 0) is 56.2 Å². The van der Waals surface area contributed by atoms with Gasteiger partial charge >= 0.3 is 6.09 Å². The number of alkyl halides is 1. The number of fused-ring (bicyclic) bond motifs is 2. The van der Waals surface area contributed by atoms with Crippen LogP contribution in [0.25, 0.3) is 27.8 Å². The lowest BCUT2D eigenvalue weighted by Gasteiger charge is -2.47. The molecule has 2 fully saturated rings. The summed E-state index contributed by atoms with van der Waals surface area (Å²) in [5.41, 5.74) is 9.93. The highest BCUT2D eigenvalue weighted by molar-refractivity contribution is 5.99. The first-order valence-electron chi connectivity index (χ1n) is 15.4. The van der Waals surface area contributed by atoms with E-state index in [1.807, 2.05) is 45.9 Å². The number of rotatable bonds is 7. The highest BCUT2D eigenvalue weighted by Crippen LogP contribution is 2.40. The maximum atomic E-state index is 15.0. The lowest BCUT2D eigenvalue weighted by atomic mass is 9.78. The molecule has 2 amide bonds. The number of nitrogens with zero attached hydrogens (tertiary/aromatic N) is 4. The summed E-state index contributed by atoms with van der Waals surface area (Å²) in [5.74, 6) is 0.604. The van der Waals surface area contributed by atoms with E-state index in [1.54, 1.807) is 23.7 Å². The number of hydrogen-bond acceptors (Lipinski definition) is 6. The molecule has 4 aromatic rings. The fraction of sp³-hybridized carbons (Fsp3) is 0.471. The van der Waals surface area contributed by atoms with E-state index < -0.39 is 35.7 Å². The fourth-order valence-corrected chi connectivity index (χ4v) is 6.87. The first kappa shape index (κ1) is 30.6. The van der Waals surface area contributed by atoms with Crippen molar-refractivity contribution in [2.24, 2.45) is 17.1 Å². The fourth-order valence-electron chi connectivity index (χ4n) is 6.87. The third-order valence-electron chi connectivity index (χ3n) is 9.07. The zero-order valence-corrected chi connectivity index (χ0v) is 26.6. The van der Waals surface area contributed by atoms with Crippen LogP contribution in [-0.4, -0.2) is 68.8 Å². The van der Waals surface area contributed by atoms with Gasteiger partial charge in [-0.15, -0.1) is 0 Å². The van der Waals surface area contributed by atoms with Crippen molar-refractivity contribution < 1.29 is 28.2 Å². The Bertz CT molecular complexity index is 1830. The Labute approximate surface area is 261 Å². The van der Waals surface area contributed by atoms with Crippen molar-refractivity contribution >= 4 is 34.2 Å². The van der Waals surface area contributed by atoms with Gasteiger partial charge in [-0.3, -0.25) is 9.59 Å². The van der Waals surface area contributed by atoms with Crippen molar-refractivity contribution in [3.05, 3.63) is 53.2 Å². The number of ketones is 1. The number of hydrogen-bond donors (Lipinski definition) is 1. The average Bonchev–Trinajstić information content (AvgIpc) is 3.63. The van der Waals surface area contributed by atoms with Crippen LogP contribution in [0.15, 0.2) is 36.5 Å². The van der Waals surface area contributed by atoms with Crippen LogP contribution >= 0.6 is 0 Å². The number of aryl methyl sites for hydroxylation is 1. The van der Waals surface area contributed by atoms with Crippen LogP contribution in [0.4, 0.5) is 9.18 Å². The quantitative estimate of drug-likeness (QED) is 0.256. The van der Waals surface area contributed by atoms with Crippen LogP contribution in [0, 0.1) is 18.3 Å². The van der Waals surface area contributed by atoms with Crippen LogP contribution in [-0.2, 0) is 11.3 Å². The molecular weight excluding hydrogens is 577 g/mol. The summed E-state index contributed by atoms with van der Waals surface area (Å²) in [4.78, 5) is 39.5. The molecule has 1 aliphatic heterocycles. The molecule has 3 aromatic heterocycles. The molecule has 1 saturated carbocycles. The van der Waals surface area contributed by atoms with Gasteiger partial charge in [0.15, 0.2) is 5.78 Å². The topological polar surface area (TPSA) is 121 Å². The van der Waals surface area contributed by atoms with Gasteiger partial charge in [-0.2, -0.15) is 5.10 Å². The molecule has 1 saturated heterocycles. The van der Waals surface area contributed by atoms with Crippen LogP contribution in [0.1, 0.15) is 73.2 Å². The zero-order valence-electron chi connectivity index (χ0n) is 26.6. The second-order valence-electron chi connectivity index (χ2n) is 13.6. The molecule has 6 rings (SSSR count). The number of amides is 2. The Balaban J connectivity index is 1.46. The molecule has 0 spiro atoms. The molecule has 1 unspecified atom stereocenters. The number of Topliss-reactive ketones (excluding diaryl/α,β-unsaturated/α-hetero) is 1. The summed E-state index contributed by atoms with van der Waals surface area (Å²) in [6.07, 6.45) is 0.633. The van der Waals surface area contributed by atoms with Gasteiger partial charge in [0.25, 0.3) is 5.91 Å². The van der Waals surface area contributed by atoms with Crippen molar-refractivity contribution in [1.29, 1.82) is 0 Å². The molecule has 4 heterocycles. The number of pyridine rings is 1. The molecule has 238 valence electrons. The normalized spacial score (nSPS) is 20.5. The highest BCUT2D eigenvalue weighted by Gasteiger charge is 2.47. The SMILES string of the molecule is COc1cc(C(=O)N2C[C@H](F)C[C@@H](OC(N)=O)C2C(C)(C)C)cn2nc(-c3cc4ccc(C(C)=O)cc4n3CC3CC3)c(C)c12. The monoisotopic (exact) mass is 617 g/mol. The molecule has 11 heteroatoms. The van der Waals surface area contributed by atoms with Gasteiger partial charge in [0, 0.05) is 41.2 Å². The van der Waals surface area contributed by atoms with Crippen molar-refractivity contribution in [3.63, 3.8) is 0 Å². The van der Waals surface area contributed by atoms with E-state index in [0.717, 1.165) is 47.2 Å². The zero-order chi connectivity index (χ0) is 32.4. The van der Waals surface area contributed by atoms with Crippen LogP contribution in [0.3, 0.4) is 0 Å². The molecule has 1 aromatic carbocycles. The number of carbonyl (C=O) groups is 3. The van der Waals surface area contributed by atoms with Crippen molar-refractivity contribution in [2.45, 2.75) is 78.7 Å². The first-order valence-corrected chi connectivity index (χ1v) is 15.4. The lowest BCUT2D eigenvalue weighted by Crippen LogP contribution is -2.61. The minimum atomic E-state index is -1.39. The summed E-state index contributed by atoms with van der Waals surface area (Å²) in [7, 11) is 1.54. The van der Waals surface area contributed by atoms with Crippen LogP contribution in [0.2, 0.25) is 0 Å². The summed E-state index contributed by atoms with van der Waals surface area (Å²) in [6, 6.07) is 8.90. The number of aromatic nitrogens is 3. The average molecular weight is 618 g/mol. The summed E-state index contributed by atoms with van der Waals surface area (Å²) >= 11 is 0. The number of methoxy groups -OCH3 is 1. The van der Waals surface area contributed by atoms with Gasteiger partial charge in [-0.1, -0.05) is 32.9 Å². The number of piperidine rings is 1. The molecule has 1 aliphatic carbocycles. The molecular formula is C34H40FN5O5. The number of ether oxygens (including phenoxy) is 2. The maximum Gasteiger partial charge on any atom is 0.404 e. The number of nitrogens with two attached hydrogens (primary N) is 1. The Kier molecular flexibility index (Phi) is 7.61. The standard InChI is InChI=1S/C34H40FN5O5/c1-18-29(26-12-22-10-9-21(19(2)41)11-25(22)38(26)15-20-7-8-20)37-40-16-23(13-27(44-6)30(18)40)32(42)39-17-24(35)14-28(45-33(36)43)31(39)34(3,4)5/h9-13,16,20,24,28,31H,7-8,14-15,17H2,1-6H3,(H2,36,43)/t24-,28-,31?/m1/s1. The number of likely N-dealkylation sites (tertiary alicyclic amines) is 1. The third kappa shape index (κ3) is 5.64. The summed E-state index contributed by atoms with van der Waals surface area (Å²) < 4.78 is 30.0. The smallest absolute Gasteiger partial charge is 0.404 e. The van der Waals surface area contributed by atoms with Crippen molar-refractivity contribution in [3.8, 4) is 17.1 Å². The number of benzene rings is 1. The Morgan fingerprint density at radius 3 is 2.47 bits per heavy atom. The van der Waals surface area contributed by atoms with Gasteiger partial charge in [0.05, 0.1) is 31.0 Å². The molecule has 3 atom stereocenters. The lowest BCUT2D eigenvalue weighted by molar-refractivity contribution is -0.0571. The van der Waals surface area contributed by atoms with E-state index in [2.05, 4.69) is 10.6 Å². The molecule has 45 heavy (non-hydrogen) atoms. The minimum Gasteiger partial charge on any atom is -0.494 e. The molecule has 2 N–H and O–H groups in total. The Morgan fingerprint density at radius 1 is 1.11 bits per heavy atom. The van der Waals surface area contributed by atoms with Gasteiger partial charge in [-0.25, -0.2) is 13.7 Å². The van der Waals surface area contributed by atoms with E-state index >= 15 is 4.39 Å². The van der Waals surface area contributed by atoms with Crippen LogP contribution < -0.4 is 10.5 Å². The third-order valence-corrected chi connectivity index (χ3v) is 9.07. The van der Waals surface area contributed by atoms with E-state index in [9.17, 15) is 14.4 Å². The summed E-state index contributed by atoms with van der Waals surface area (Å²) in [6.45, 7) is 9.97. The predicted molar refractivity (Wildman–Crippen MR) is 168 cm³/mol. The van der Waals surface area contributed by atoms with E-state index in [0.29, 0.717) is 22.7 Å². The molecule has 0 radical (unpaired) electrons. The Hall–Kier alpha value is -4.41. The number of primary amides is 1. The van der Waals surface area contributed by atoms with Crippen molar-refractivity contribution in [1.82, 2.24) is 19.1 Å². The number of carbonyl (C=O) groups excluding carboxylic acids is 3. The van der Waals surface area contributed by atoms with E-state index in [4.69, 9.17) is 20.3 Å².